The molecule has 1 rings (SSSR count). The molecule has 0 heterocycles. The first-order chi connectivity index (χ1) is 3.93. The van der Waals surface area contributed by atoms with Crippen LogP contribution in [0, 0.1) is 20.8 Å². The van der Waals surface area contributed by atoms with Gasteiger partial charge in [-0.25, -0.2) is 0 Å². The molecular formula is C10H22Zr. The van der Waals surface area contributed by atoms with Gasteiger partial charge in [0, 0.05) is 0 Å². The molecule has 11 heavy (non-hydrogen) atoms. The Bertz CT molecular complexity index is 55.9. The van der Waals surface area contributed by atoms with Crippen molar-refractivity contribution < 1.29 is 26.2 Å². The van der Waals surface area contributed by atoms with Crippen LogP contribution >= 0.6 is 0 Å². The van der Waals surface area contributed by atoms with Gasteiger partial charge in [-0.2, -0.15) is 0 Å². The van der Waals surface area contributed by atoms with E-state index in [0.717, 1.165) is 5.92 Å². The van der Waals surface area contributed by atoms with Gasteiger partial charge in [-0.3, -0.25) is 0 Å². The zero-order chi connectivity index (χ0) is 5.82. The average Bonchev–Trinajstić information content (AvgIpc) is 1.90. The molecule has 0 nitrogen and oxygen atoms in total. The average molecular weight is 234 g/mol. The molecular weight excluding hydrogens is 211 g/mol. The summed E-state index contributed by atoms with van der Waals surface area (Å²) in [7, 11) is 0. The fourth-order valence-corrected chi connectivity index (χ4v) is 1.60. The Kier molecular flexibility index (Phi) is 17.6. The maximum absolute atomic E-state index is 2.32. The zero-order valence-corrected chi connectivity index (χ0v) is 10.8. The zero-order valence-electron chi connectivity index (χ0n) is 8.32. The molecule has 1 aliphatic carbocycles. The molecule has 0 unspecified atom stereocenters. The fourth-order valence-electron chi connectivity index (χ4n) is 1.60. The van der Waals surface area contributed by atoms with Gasteiger partial charge >= 0.3 is 26.2 Å². The summed E-state index contributed by atoms with van der Waals surface area (Å²) in [6, 6.07) is 0. The predicted molar refractivity (Wildman–Crippen MR) is 49.7 cm³/mol. The number of rotatable bonds is 1. The molecule has 0 amide bonds. The van der Waals surface area contributed by atoms with Crippen LogP contribution in [0.2, 0.25) is 0 Å². The monoisotopic (exact) mass is 232 g/mol. The van der Waals surface area contributed by atoms with Crippen LogP contribution in [0.5, 0.6) is 0 Å². The first-order valence-corrected chi connectivity index (χ1v) is 3.93. The van der Waals surface area contributed by atoms with E-state index in [4.69, 9.17) is 0 Å². The summed E-state index contributed by atoms with van der Waals surface area (Å²) in [4.78, 5) is 0. The van der Waals surface area contributed by atoms with Gasteiger partial charge in [0.05, 0.1) is 0 Å². The first kappa shape index (κ1) is 17.8. The Balaban J connectivity index is -0.000000213. The maximum Gasteiger partial charge on any atom is 2.00 e. The molecule has 0 radical (unpaired) electrons. The second kappa shape index (κ2) is 10.9. The van der Waals surface area contributed by atoms with Crippen molar-refractivity contribution >= 4 is 0 Å². The predicted octanol–water partition coefficient (Wildman–Crippen LogP) is 3.87. The van der Waals surface area contributed by atoms with Crippen molar-refractivity contribution in [3.8, 4) is 0 Å². The standard InChI is InChI=1S/C8H16.2CH3.Zr/c1-2-8-6-4-3-5-7-8;;;/h8H,2-7H2,1H3;2*1H3;/q;2*-1;+2. The van der Waals surface area contributed by atoms with Gasteiger partial charge in [0.25, 0.3) is 0 Å². The third-order valence-electron chi connectivity index (χ3n) is 2.30. The SMILES string of the molecule is CCC1CCCCC1.[CH3-].[CH3-].[Zr+2]. The van der Waals surface area contributed by atoms with E-state index in [-0.39, 0.29) is 41.1 Å². The molecule has 0 spiro atoms. The summed E-state index contributed by atoms with van der Waals surface area (Å²) in [5.74, 6) is 1.09. The van der Waals surface area contributed by atoms with Gasteiger partial charge in [0.2, 0.25) is 0 Å². The second-order valence-electron chi connectivity index (χ2n) is 2.91. The smallest absolute Gasteiger partial charge is 0.358 e. The summed E-state index contributed by atoms with van der Waals surface area (Å²) in [6.45, 7) is 2.32. The quantitative estimate of drug-likeness (QED) is 0.603. The van der Waals surface area contributed by atoms with Crippen molar-refractivity contribution in [3.05, 3.63) is 14.9 Å². The van der Waals surface area contributed by atoms with Gasteiger partial charge in [-0.15, -0.1) is 0 Å². The Morgan fingerprint density at radius 2 is 1.45 bits per heavy atom. The molecule has 0 bridgehead atoms. The summed E-state index contributed by atoms with van der Waals surface area (Å²) >= 11 is 0. The van der Waals surface area contributed by atoms with Gasteiger partial charge in [-0.05, 0) is 5.92 Å². The number of hydrogen-bond donors (Lipinski definition) is 0. The van der Waals surface area contributed by atoms with Crippen LogP contribution in [0.1, 0.15) is 45.4 Å². The van der Waals surface area contributed by atoms with Crippen molar-refractivity contribution in [2.75, 3.05) is 0 Å². The maximum atomic E-state index is 2.32. The molecule has 0 N–H and O–H groups in total. The van der Waals surface area contributed by atoms with Gasteiger partial charge in [0.1, 0.15) is 0 Å². The van der Waals surface area contributed by atoms with Crippen molar-refractivity contribution in [1.82, 2.24) is 0 Å². The van der Waals surface area contributed by atoms with E-state index >= 15 is 0 Å². The van der Waals surface area contributed by atoms with Crippen molar-refractivity contribution in [3.63, 3.8) is 0 Å². The minimum Gasteiger partial charge on any atom is -0.358 e. The van der Waals surface area contributed by atoms with Crippen LogP contribution in [0.4, 0.5) is 0 Å². The van der Waals surface area contributed by atoms with Crippen LogP contribution in [0.3, 0.4) is 0 Å². The first-order valence-electron chi connectivity index (χ1n) is 3.93. The minimum atomic E-state index is 0. The third-order valence-corrected chi connectivity index (χ3v) is 2.30. The van der Waals surface area contributed by atoms with E-state index < -0.39 is 0 Å². The van der Waals surface area contributed by atoms with Crippen LogP contribution < -0.4 is 0 Å². The van der Waals surface area contributed by atoms with Crippen molar-refractivity contribution in [1.29, 1.82) is 0 Å². The Morgan fingerprint density at radius 1 is 1.00 bits per heavy atom. The number of hydrogen-bond acceptors (Lipinski definition) is 0. The summed E-state index contributed by atoms with van der Waals surface area (Å²) in [5, 5.41) is 0. The van der Waals surface area contributed by atoms with Gasteiger partial charge in [-0.1, -0.05) is 45.4 Å². The normalized spacial score (nSPS) is 17.2. The molecule has 0 atom stereocenters. The summed E-state index contributed by atoms with van der Waals surface area (Å²) in [6.07, 6.45) is 8.93. The second-order valence-corrected chi connectivity index (χ2v) is 2.91. The van der Waals surface area contributed by atoms with Crippen LogP contribution in [0.25, 0.3) is 0 Å². The molecule has 0 saturated heterocycles. The molecule has 1 saturated carbocycles. The van der Waals surface area contributed by atoms with Crippen LogP contribution in [-0.4, -0.2) is 0 Å². The van der Waals surface area contributed by atoms with Gasteiger partial charge in [0.15, 0.2) is 0 Å². The summed E-state index contributed by atoms with van der Waals surface area (Å²) < 4.78 is 0. The largest absolute Gasteiger partial charge is 2.00 e. The fraction of sp³-hybridized carbons (Fsp3) is 0.800. The minimum absolute atomic E-state index is 0. The molecule has 1 fully saturated rings. The van der Waals surface area contributed by atoms with E-state index in [2.05, 4.69) is 6.92 Å². The van der Waals surface area contributed by atoms with E-state index in [1.807, 2.05) is 0 Å². The van der Waals surface area contributed by atoms with E-state index in [1.165, 1.54) is 38.5 Å². The molecule has 66 valence electrons. The molecule has 1 heteroatoms. The molecule has 0 aromatic carbocycles. The Hall–Kier alpha value is 0.883. The van der Waals surface area contributed by atoms with Gasteiger partial charge < -0.3 is 14.9 Å². The molecule has 1 aliphatic rings. The summed E-state index contributed by atoms with van der Waals surface area (Å²) in [5.41, 5.74) is 0. The Labute approximate surface area is 92.3 Å². The van der Waals surface area contributed by atoms with E-state index in [9.17, 15) is 0 Å². The van der Waals surface area contributed by atoms with Crippen LogP contribution in [0.15, 0.2) is 0 Å². The van der Waals surface area contributed by atoms with E-state index in [1.54, 1.807) is 0 Å². The van der Waals surface area contributed by atoms with Crippen LogP contribution in [-0.2, 0) is 26.2 Å². The van der Waals surface area contributed by atoms with Crippen molar-refractivity contribution in [2.45, 2.75) is 45.4 Å². The molecule has 0 aliphatic heterocycles. The van der Waals surface area contributed by atoms with Crippen molar-refractivity contribution in [2.24, 2.45) is 5.92 Å². The topological polar surface area (TPSA) is 0 Å². The Morgan fingerprint density at radius 3 is 1.73 bits per heavy atom. The third kappa shape index (κ3) is 7.25. The van der Waals surface area contributed by atoms with E-state index in [0.29, 0.717) is 0 Å². The molecule has 0 aromatic heterocycles. The molecule has 0 aromatic rings.